The zero-order valence-electron chi connectivity index (χ0n) is 8.40. The number of carbonyl (C=O) groups is 2. The van der Waals surface area contributed by atoms with Gasteiger partial charge in [-0.15, -0.1) is 0 Å². The van der Waals surface area contributed by atoms with Gasteiger partial charge < -0.3 is 20.7 Å². The molecule has 0 bridgehead atoms. The predicted molar refractivity (Wildman–Crippen MR) is 47.5 cm³/mol. The fraction of sp³-hybridized carbons (Fsp3) is 0.750. The minimum Gasteiger partial charge on any atom is -0.479 e. The molecule has 1 atom stereocenters. The number of carboxylic acid groups (broad SMARTS) is 1. The van der Waals surface area contributed by atoms with Gasteiger partial charge in [-0.25, -0.2) is 9.59 Å². The molecule has 82 valence electrons. The summed E-state index contributed by atoms with van der Waals surface area (Å²) in [5, 5.41) is 17.9. The lowest BCUT2D eigenvalue weighted by molar-refractivity contribution is -0.186. The van der Waals surface area contributed by atoms with Crippen molar-refractivity contribution in [3.63, 3.8) is 0 Å². The van der Waals surface area contributed by atoms with E-state index in [0.717, 1.165) is 0 Å². The Hall–Kier alpha value is -1.14. The highest BCUT2D eigenvalue weighted by Crippen LogP contribution is 2.14. The maximum Gasteiger partial charge on any atom is 0.351 e. The Morgan fingerprint density at radius 3 is 2.00 bits per heavy atom. The zero-order valence-corrected chi connectivity index (χ0v) is 8.40. The third-order valence-electron chi connectivity index (χ3n) is 1.39. The van der Waals surface area contributed by atoms with Crippen LogP contribution in [0.1, 0.15) is 20.8 Å². The van der Waals surface area contributed by atoms with E-state index in [9.17, 15) is 14.7 Å². The fourth-order valence-electron chi connectivity index (χ4n) is 0.620. The van der Waals surface area contributed by atoms with E-state index in [1.54, 1.807) is 20.8 Å². The normalized spacial score (nSPS) is 15.8. The number of rotatable bonds is 3. The standard InChI is InChI=1S/C8H15NO5/c1-7(2,3)14-6(12)8(13,4-9)5(10)11/h13H,4,9H2,1-3H3,(H,10,11). The maximum absolute atomic E-state index is 11.2. The molecule has 0 aliphatic carbocycles. The summed E-state index contributed by atoms with van der Waals surface area (Å²) in [4.78, 5) is 21.8. The van der Waals surface area contributed by atoms with Gasteiger partial charge in [0, 0.05) is 6.54 Å². The van der Waals surface area contributed by atoms with E-state index in [1.165, 1.54) is 0 Å². The van der Waals surface area contributed by atoms with Crippen molar-refractivity contribution in [3.8, 4) is 0 Å². The van der Waals surface area contributed by atoms with Crippen LogP contribution in [-0.4, -0.2) is 39.9 Å². The van der Waals surface area contributed by atoms with Gasteiger partial charge in [-0.1, -0.05) is 0 Å². The van der Waals surface area contributed by atoms with Gasteiger partial charge in [-0.3, -0.25) is 0 Å². The van der Waals surface area contributed by atoms with Crippen LogP contribution in [0.15, 0.2) is 0 Å². The molecule has 0 spiro atoms. The first-order chi connectivity index (χ1) is 6.13. The molecule has 14 heavy (non-hydrogen) atoms. The van der Waals surface area contributed by atoms with Crippen LogP contribution in [0.4, 0.5) is 0 Å². The molecule has 0 heterocycles. The van der Waals surface area contributed by atoms with Crippen molar-refractivity contribution in [1.29, 1.82) is 0 Å². The topological polar surface area (TPSA) is 110 Å². The number of hydrogen-bond donors (Lipinski definition) is 3. The Balaban J connectivity index is 4.73. The van der Waals surface area contributed by atoms with Crippen LogP contribution in [-0.2, 0) is 14.3 Å². The van der Waals surface area contributed by atoms with Crippen LogP contribution in [0.3, 0.4) is 0 Å². The van der Waals surface area contributed by atoms with Crippen molar-refractivity contribution in [2.45, 2.75) is 32.0 Å². The molecule has 0 aliphatic heterocycles. The number of hydrogen-bond acceptors (Lipinski definition) is 5. The third-order valence-corrected chi connectivity index (χ3v) is 1.39. The smallest absolute Gasteiger partial charge is 0.351 e. The first-order valence-electron chi connectivity index (χ1n) is 4.03. The van der Waals surface area contributed by atoms with Crippen molar-refractivity contribution in [2.24, 2.45) is 5.73 Å². The highest BCUT2D eigenvalue weighted by molar-refractivity contribution is 6.02. The van der Waals surface area contributed by atoms with Gasteiger partial charge >= 0.3 is 11.9 Å². The molecule has 0 aliphatic rings. The summed E-state index contributed by atoms with van der Waals surface area (Å²) in [6, 6.07) is 0. The molecule has 0 amide bonds. The molecule has 0 saturated carbocycles. The molecule has 6 heteroatoms. The Bertz CT molecular complexity index is 245. The van der Waals surface area contributed by atoms with E-state index in [1.807, 2.05) is 0 Å². The van der Waals surface area contributed by atoms with Crippen LogP contribution in [0, 0.1) is 0 Å². The number of esters is 1. The summed E-state index contributed by atoms with van der Waals surface area (Å²) in [7, 11) is 0. The summed E-state index contributed by atoms with van der Waals surface area (Å²) in [5.41, 5.74) is 1.47. The molecule has 0 aromatic rings. The second kappa shape index (κ2) is 3.93. The summed E-state index contributed by atoms with van der Waals surface area (Å²) < 4.78 is 4.71. The fourth-order valence-corrected chi connectivity index (χ4v) is 0.620. The van der Waals surface area contributed by atoms with E-state index in [2.05, 4.69) is 0 Å². The van der Waals surface area contributed by atoms with Gasteiger partial charge in [0.1, 0.15) is 5.60 Å². The maximum atomic E-state index is 11.2. The third kappa shape index (κ3) is 2.97. The minimum absolute atomic E-state index is 0.725. The van der Waals surface area contributed by atoms with E-state index in [-0.39, 0.29) is 0 Å². The van der Waals surface area contributed by atoms with Crippen LogP contribution >= 0.6 is 0 Å². The highest BCUT2D eigenvalue weighted by Gasteiger charge is 2.46. The second-order valence-electron chi connectivity index (χ2n) is 3.87. The molecule has 6 nitrogen and oxygen atoms in total. The summed E-state index contributed by atoms with van der Waals surface area (Å²) in [6.07, 6.45) is 0. The second-order valence-corrected chi connectivity index (χ2v) is 3.87. The van der Waals surface area contributed by atoms with Crippen molar-refractivity contribution >= 4 is 11.9 Å². The van der Waals surface area contributed by atoms with Gasteiger partial charge in [-0.2, -0.15) is 0 Å². The zero-order chi connectivity index (χ0) is 11.6. The van der Waals surface area contributed by atoms with Crippen LogP contribution in [0.5, 0.6) is 0 Å². The lowest BCUT2D eigenvalue weighted by Gasteiger charge is -2.26. The molecular formula is C8H15NO5. The Labute approximate surface area is 81.7 Å². The monoisotopic (exact) mass is 205 g/mol. The van der Waals surface area contributed by atoms with Gasteiger partial charge in [0.15, 0.2) is 0 Å². The quantitative estimate of drug-likeness (QED) is 0.407. The minimum atomic E-state index is -2.66. The Morgan fingerprint density at radius 1 is 1.36 bits per heavy atom. The molecular weight excluding hydrogens is 190 g/mol. The van der Waals surface area contributed by atoms with Crippen molar-refractivity contribution in [1.82, 2.24) is 0 Å². The Kier molecular flexibility index (Phi) is 3.61. The molecule has 0 fully saturated rings. The molecule has 4 N–H and O–H groups in total. The van der Waals surface area contributed by atoms with Crippen molar-refractivity contribution < 1.29 is 24.5 Å². The van der Waals surface area contributed by atoms with Crippen LogP contribution in [0.2, 0.25) is 0 Å². The average Bonchev–Trinajstić information content (AvgIpc) is 1.99. The first-order valence-corrected chi connectivity index (χ1v) is 4.03. The molecule has 0 aromatic carbocycles. The highest BCUT2D eigenvalue weighted by atomic mass is 16.6. The van der Waals surface area contributed by atoms with E-state index in [4.69, 9.17) is 15.6 Å². The first kappa shape index (κ1) is 12.9. The van der Waals surface area contributed by atoms with E-state index in [0.29, 0.717) is 0 Å². The number of aliphatic carboxylic acids is 1. The predicted octanol–water partition coefficient (Wildman–Crippen LogP) is -0.897. The van der Waals surface area contributed by atoms with Crippen molar-refractivity contribution in [3.05, 3.63) is 0 Å². The van der Waals surface area contributed by atoms with Crippen molar-refractivity contribution in [2.75, 3.05) is 6.54 Å². The lowest BCUT2D eigenvalue weighted by Crippen LogP contribution is -2.54. The average molecular weight is 205 g/mol. The van der Waals surface area contributed by atoms with Gasteiger partial charge in [0.05, 0.1) is 0 Å². The lowest BCUT2D eigenvalue weighted by atomic mass is 10.1. The molecule has 0 aromatic heterocycles. The molecule has 0 radical (unpaired) electrons. The largest absolute Gasteiger partial charge is 0.479 e. The van der Waals surface area contributed by atoms with E-state index >= 15 is 0 Å². The number of carboxylic acids is 1. The summed E-state index contributed by atoms with van der Waals surface area (Å²) >= 11 is 0. The Morgan fingerprint density at radius 2 is 1.79 bits per heavy atom. The summed E-state index contributed by atoms with van der Waals surface area (Å²) in [6.45, 7) is 3.95. The molecule has 0 saturated heterocycles. The number of nitrogens with two attached hydrogens (primary N) is 1. The van der Waals surface area contributed by atoms with Crippen LogP contribution < -0.4 is 5.73 Å². The number of carbonyl (C=O) groups excluding carboxylic acids is 1. The van der Waals surface area contributed by atoms with Crippen LogP contribution in [0.25, 0.3) is 0 Å². The molecule has 1 unspecified atom stereocenters. The summed E-state index contributed by atoms with van der Waals surface area (Å²) in [5.74, 6) is -2.96. The SMILES string of the molecule is CC(C)(C)OC(=O)C(O)(CN)C(=O)O. The number of aliphatic hydroxyl groups is 1. The van der Waals surface area contributed by atoms with Gasteiger partial charge in [0.2, 0.25) is 0 Å². The van der Waals surface area contributed by atoms with Gasteiger partial charge in [-0.05, 0) is 20.8 Å². The molecule has 0 rings (SSSR count). The van der Waals surface area contributed by atoms with E-state index < -0.39 is 29.7 Å². The van der Waals surface area contributed by atoms with Gasteiger partial charge in [0.25, 0.3) is 5.60 Å². The number of ether oxygens (including phenoxy) is 1.